The summed E-state index contributed by atoms with van der Waals surface area (Å²) in [7, 11) is 0. The molecule has 0 radical (unpaired) electrons. The number of nitrogens with one attached hydrogen (secondary N) is 1. The molecule has 0 atom stereocenters. The van der Waals surface area contributed by atoms with Crippen LogP contribution in [0.15, 0.2) is 22.7 Å². The lowest BCUT2D eigenvalue weighted by Crippen LogP contribution is -2.03. The number of benzene rings is 1. The molecular weight excluding hydrogens is 306 g/mol. The van der Waals surface area contributed by atoms with E-state index >= 15 is 0 Å². The lowest BCUT2D eigenvalue weighted by atomic mass is 10.1. The molecule has 0 heterocycles. The van der Waals surface area contributed by atoms with Crippen molar-refractivity contribution in [2.45, 2.75) is 45.4 Å². The van der Waals surface area contributed by atoms with Crippen molar-refractivity contribution in [3.05, 3.63) is 28.2 Å². The topological polar surface area (TPSA) is 49.3 Å². The molecule has 1 aromatic carbocycles. The van der Waals surface area contributed by atoms with E-state index in [4.69, 9.17) is 5.11 Å². The first-order valence-corrected chi connectivity index (χ1v) is 7.71. The Morgan fingerprint density at radius 1 is 1.21 bits per heavy atom. The fourth-order valence-corrected chi connectivity index (χ4v) is 2.48. The predicted molar refractivity (Wildman–Crippen MR) is 83.0 cm³/mol. The minimum atomic E-state index is -0.908. The van der Waals surface area contributed by atoms with Crippen molar-refractivity contribution in [1.29, 1.82) is 0 Å². The van der Waals surface area contributed by atoms with Crippen LogP contribution in [0.3, 0.4) is 0 Å². The number of carbonyl (C=O) groups is 1. The Morgan fingerprint density at radius 2 is 1.89 bits per heavy atom. The number of unbranched alkanes of at least 4 members (excludes halogenated alkanes) is 5. The molecular formula is C15H22BrNO2. The molecule has 4 heteroatoms. The van der Waals surface area contributed by atoms with Crippen LogP contribution in [-0.2, 0) is 0 Å². The van der Waals surface area contributed by atoms with Gasteiger partial charge in [0.25, 0.3) is 0 Å². The van der Waals surface area contributed by atoms with Crippen molar-refractivity contribution < 1.29 is 9.90 Å². The maximum Gasteiger partial charge on any atom is 0.336 e. The highest BCUT2D eigenvalue weighted by atomic mass is 79.9. The molecule has 0 saturated carbocycles. The monoisotopic (exact) mass is 327 g/mol. The average Bonchev–Trinajstić information content (AvgIpc) is 2.37. The third-order valence-corrected chi connectivity index (χ3v) is 3.72. The summed E-state index contributed by atoms with van der Waals surface area (Å²) in [5.74, 6) is -0.908. The number of hydrogen-bond acceptors (Lipinski definition) is 2. The van der Waals surface area contributed by atoms with Crippen molar-refractivity contribution in [2.24, 2.45) is 0 Å². The molecule has 0 aliphatic heterocycles. The van der Waals surface area contributed by atoms with Gasteiger partial charge in [0.15, 0.2) is 0 Å². The van der Waals surface area contributed by atoms with Crippen LogP contribution in [0, 0.1) is 0 Å². The van der Waals surface area contributed by atoms with Crippen molar-refractivity contribution in [1.82, 2.24) is 0 Å². The summed E-state index contributed by atoms with van der Waals surface area (Å²) < 4.78 is 0.618. The van der Waals surface area contributed by atoms with E-state index in [1.165, 1.54) is 32.1 Å². The Bertz CT molecular complexity index is 407. The molecule has 0 aromatic heterocycles. The predicted octanol–water partition coefficient (Wildman–Crippen LogP) is 4.92. The van der Waals surface area contributed by atoms with Gasteiger partial charge in [0.05, 0.1) is 5.56 Å². The molecule has 0 aliphatic rings. The molecule has 2 N–H and O–H groups in total. The summed E-state index contributed by atoms with van der Waals surface area (Å²) in [5.41, 5.74) is 1.26. The molecule has 19 heavy (non-hydrogen) atoms. The summed E-state index contributed by atoms with van der Waals surface area (Å²) >= 11 is 3.28. The van der Waals surface area contributed by atoms with Crippen LogP contribution in [0.2, 0.25) is 0 Å². The minimum Gasteiger partial charge on any atom is -0.478 e. The smallest absolute Gasteiger partial charge is 0.336 e. The first kappa shape index (κ1) is 16.0. The van der Waals surface area contributed by atoms with E-state index in [1.54, 1.807) is 6.07 Å². The molecule has 106 valence electrons. The number of carboxylic acid groups (broad SMARTS) is 1. The highest BCUT2D eigenvalue weighted by molar-refractivity contribution is 9.10. The Morgan fingerprint density at radius 3 is 2.53 bits per heavy atom. The SMILES string of the molecule is CCCCCCCCNc1ccc(C(=O)O)c(Br)c1. The zero-order valence-corrected chi connectivity index (χ0v) is 13.0. The first-order valence-electron chi connectivity index (χ1n) is 6.92. The number of rotatable bonds is 9. The van der Waals surface area contributed by atoms with Gasteiger partial charge in [0, 0.05) is 16.7 Å². The number of anilines is 1. The highest BCUT2D eigenvalue weighted by Gasteiger charge is 2.07. The molecule has 0 spiro atoms. The van der Waals surface area contributed by atoms with Gasteiger partial charge in [-0.2, -0.15) is 0 Å². The molecule has 1 aromatic rings. The van der Waals surface area contributed by atoms with Crippen LogP contribution < -0.4 is 5.32 Å². The normalized spacial score (nSPS) is 10.4. The van der Waals surface area contributed by atoms with Gasteiger partial charge in [0.1, 0.15) is 0 Å². The second kappa shape index (κ2) is 8.97. The second-order valence-corrected chi connectivity index (χ2v) is 5.55. The van der Waals surface area contributed by atoms with Crippen LogP contribution in [-0.4, -0.2) is 17.6 Å². The Labute approximate surface area is 123 Å². The lowest BCUT2D eigenvalue weighted by Gasteiger charge is -2.08. The van der Waals surface area contributed by atoms with Crippen molar-refractivity contribution in [3.8, 4) is 0 Å². The van der Waals surface area contributed by atoms with E-state index in [0.717, 1.165) is 18.7 Å². The fraction of sp³-hybridized carbons (Fsp3) is 0.533. The third kappa shape index (κ3) is 6.10. The standard InChI is InChI=1S/C15H22BrNO2/c1-2-3-4-5-6-7-10-17-12-8-9-13(15(18)19)14(16)11-12/h8-9,11,17H,2-7,10H2,1H3,(H,18,19). The largest absolute Gasteiger partial charge is 0.478 e. The summed E-state index contributed by atoms with van der Waals surface area (Å²) in [4.78, 5) is 10.9. The van der Waals surface area contributed by atoms with Crippen molar-refractivity contribution >= 4 is 27.6 Å². The Hall–Kier alpha value is -1.03. The van der Waals surface area contributed by atoms with Gasteiger partial charge in [-0.05, 0) is 40.5 Å². The molecule has 0 amide bonds. The summed E-state index contributed by atoms with van der Waals surface area (Å²) in [6.45, 7) is 3.16. The molecule has 0 bridgehead atoms. The average molecular weight is 328 g/mol. The van der Waals surface area contributed by atoms with Gasteiger partial charge in [-0.15, -0.1) is 0 Å². The molecule has 3 nitrogen and oxygen atoms in total. The maximum absolute atomic E-state index is 10.9. The first-order chi connectivity index (χ1) is 9.15. The van der Waals surface area contributed by atoms with E-state index in [1.807, 2.05) is 12.1 Å². The van der Waals surface area contributed by atoms with Crippen LogP contribution in [0.4, 0.5) is 5.69 Å². The molecule has 0 fully saturated rings. The Kier molecular flexibility index (Phi) is 7.56. The molecule has 1 rings (SSSR count). The second-order valence-electron chi connectivity index (χ2n) is 4.69. The van der Waals surface area contributed by atoms with E-state index in [9.17, 15) is 4.79 Å². The van der Waals surface area contributed by atoms with Crippen molar-refractivity contribution in [3.63, 3.8) is 0 Å². The van der Waals surface area contributed by atoms with E-state index in [-0.39, 0.29) is 0 Å². The van der Waals surface area contributed by atoms with Crippen LogP contribution >= 0.6 is 15.9 Å². The van der Waals surface area contributed by atoms with Crippen LogP contribution in [0.5, 0.6) is 0 Å². The number of aromatic carboxylic acids is 1. The van der Waals surface area contributed by atoms with E-state index in [0.29, 0.717) is 10.0 Å². The minimum absolute atomic E-state index is 0.296. The zero-order chi connectivity index (χ0) is 14.1. The van der Waals surface area contributed by atoms with Gasteiger partial charge in [-0.25, -0.2) is 4.79 Å². The van der Waals surface area contributed by atoms with Gasteiger partial charge < -0.3 is 10.4 Å². The van der Waals surface area contributed by atoms with Crippen LogP contribution in [0.25, 0.3) is 0 Å². The van der Waals surface area contributed by atoms with Gasteiger partial charge in [-0.1, -0.05) is 39.0 Å². The zero-order valence-electron chi connectivity index (χ0n) is 11.4. The molecule has 0 aliphatic carbocycles. The van der Waals surface area contributed by atoms with Crippen molar-refractivity contribution in [2.75, 3.05) is 11.9 Å². The number of carboxylic acids is 1. The quantitative estimate of drug-likeness (QED) is 0.633. The third-order valence-electron chi connectivity index (χ3n) is 3.06. The Balaban J connectivity index is 2.26. The number of hydrogen-bond donors (Lipinski definition) is 2. The van der Waals surface area contributed by atoms with Gasteiger partial charge in [-0.3, -0.25) is 0 Å². The van der Waals surface area contributed by atoms with E-state index in [2.05, 4.69) is 28.2 Å². The van der Waals surface area contributed by atoms with Gasteiger partial charge >= 0.3 is 5.97 Å². The number of halogens is 1. The lowest BCUT2D eigenvalue weighted by molar-refractivity contribution is 0.0696. The summed E-state index contributed by atoms with van der Waals surface area (Å²) in [6, 6.07) is 5.25. The summed E-state index contributed by atoms with van der Waals surface area (Å²) in [6.07, 6.45) is 7.65. The molecule has 0 unspecified atom stereocenters. The van der Waals surface area contributed by atoms with Crippen LogP contribution in [0.1, 0.15) is 55.8 Å². The fourth-order valence-electron chi connectivity index (χ4n) is 1.94. The molecule has 0 saturated heterocycles. The van der Waals surface area contributed by atoms with Gasteiger partial charge in [0.2, 0.25) is 0 Å². The summed E-state index contributed by atoms with van der Waals surface area (Å²) in [5, 5.41) is 12.2. The maximum atomic E-state index is 10.9. The highest BCUT2D eigenvalue weighted by Crippen LogP contribution is 2.21. The van der Waals surface area contributed by atoms with E-state index < -0.39 is 5.97 Å².